The Morgan fingerprint density at radius 1 is 1.23 bits per heavy atom. The minimum absolute atomic E-state index is 0.0226. The van der Waals surface area contributed by atoms with Gasteiger partial charge in [0.1, 0.15) is 11.6 Å². The number of hydrogen-bond acceptors (Lipinski definition) is 7. The molecule has 1 aromatic heterocycles. The lowest BCUT2D eigenvalue weighted by molar-refractivity contribution is 0.129. The van der Waals surface area contributed by atoms with Crippen LogP contribution in [0.2, 0.25) is 0 Å². The van der Waals surface area contributed by atoms with E-state index in [4.69, 9.17) is 26.9 Å². The second kappa shape index (κ2) is 13.7. The van der Waals surface area contributed by atoms with Gasteiger partial charge in [-0.15, -0.1) is 0 Å². The Bertz CT molecular complexity index is 1440. The maximum absolute atomic E-state index is 15.4. The zero-order valence-electron chi connectivity index (χ0n) is 22.7. The molecule has 3 aromatic rings. The number of ether oxygens (including phenoxy) is 1. The summed E-state index contributed by atoms with van der Waals surface area (Å²) < 4.78 is 22.2. The van der Waals surface area contributed by atoms with Crippen LogP contribution in [-0.2, 0) is 24.2 Å². The largest absolute Gasteiger partial charge is 0.467 e. The van der Waals surface area contributed by atoms with Gasteiger partial charge in [0.25, 0.3) is 5.56 Å². The summed E-state index contributed by atoms with van der Waals surface area (Å²) in [6.07, 6.45) is 5.29. The molecule has 0 atom stereocenters. The van der Waals surface area contributed by atoms with E-state index in [1.54, 1.807) is 44.3 Å². The second-order valence-corrected chi connectivity index (χ2v) is 9.10. The predicted octanol–water partition coefficient (Wildman–Crippen LogP) is 4.04. The Kier molecular flexibility index (Phi) is 10.3. The smallest absolute Gasteiger partial charge is 0.262 e. The topological polar surface area (TPSA) is 134 Å². The first-order valence-electron chi connectivity index (χ1n) is 12.8. The van der Waals surface area contributed by atoms with Gasteiger partial charge in [0.15, 0.2) is 0 Å². The lowest BCUT2D eigenvalue weighted by atomic mass is 10.0. The van der Waals surface area contributed by atoms with E-state index in [1.807, 2.05) is 31.2 Å². The number of benzene rings is 2. The van der Waals surface area contributed by atoms with E-state index in [1.165, 1.54) is 10.6 Å². The van der Waals surface area contributed by atoms with E-state index in [9.17, 15) is 4.79 Å². The first kappa shape index (κ1) is 29.5. The van der Waals surface area contributed by atoms with Gasteiger partial charge in [-0.3, -0.25) is 20.8 Å². The Morgan fingerprint density at radius 3 is 2.59 bits per heavy atom. The fourth-order valence-electron chi connectivity index (χ4n) is 4.30. The van der Waals surface area contributed by atoms with Gasteiger partial charge in [-0.05, 0) is 49.7 Å². The average Bonchev–Trinajstić information content (AvgIpc) is 2.89. The molecule has 0 amide bonds. The highest BCUT2D eigenvalue weighted by Crippen LogP contribution is 2.27. The molecule has 0 unspecified atom stereocenters. The molecule has 2 aromatic carbocycles. The summed E-state index contributed by atoms with van der Waals surface area (Å²) in [4.78, 5) is 18.8. The fourth-order valence-corrected chi connectivity index (χ4v) is 4.30. The van der Waals surface area contributed by atoms with Crippen molar-refractivity contribution in [2.24, 2.45) is 11.5 Å². The molecule has 0 aliphatic rings. The molecular weight excluding hydrogens is 495 g/mol. The Morgan fingerprint density at radius 2 is 1.97 bits per heavy atom. The fraction of sp³-hybridized carbons (Fsp3) is 0.267. The van der Waals surface area contributed by atoms with Gasteiger partial charge in [0.05, 0.1) is 23.6 Å². The highest BCUT2D eigenvalue weighted by molar-refractivity contribution is 5.77. The van der Waals surface area contributed by atoms with Gasteiger partial charge < -0.3 is 15.8 Å². The first-order valence-corrected chi connectivity index (χ1v) is 12.8. The van der Waals surface area contributed by atoms with E-state index < -0.39 is 12.2 Å². The third-order valence-electron chi connectivity index (χ3n) is 6.12. The van der Waals surface area contributed by atoms with Crippen molar-refractivity contribution in [3.8, 4) is 11.1 Å². The number of nitrogens with two attached hydrogens (primary N) is 3. The number of halogens is 1. The van der Waals surface area contributed by atoms with Crippen molar-refractivity contribution in [1.29, 1.82) is 0 Å². The molecular formula is C30H37FN6O2. The number of para-hydroxylation sites is 1. The van der Waals surface area contributed by atoms with Crippen LogP contribution in [0.1, 0.15) is 42.9 Å². The van der Waals surface area contributed by atoms with Crippen LogP contribution in [0.4, 0.5) is 10.1 Å². The van der Waals surface area contributed by atoms with E-state index in [0.29, 0.717) is 58.2 Å². The van der Waals surface area contributed by atoms with Crippen LogP contribution in [0.3, 0.4) is 0 Å². The number of aryl methyl sites for hydroxylation is 1. The van der Waals surface area contributed by atoms with Crippen molar-refractivity contribution in [1.82, 2.24) is 14.9 Å². The van der Waals surface area contributed by atoms with Gasteiger partial charge in [-0.1, -0.05) is 56.0 Å². The van der Waals surface area contributed by atoms with Gasteiger partial charge in [-0.2, -0.15) is 0 Å². The average molecular weight is 533 g/mol. The molecule has 7 N–H and O–H groups in total. The van der Waals surface area contributed by atoms with Crippen LogP contribution in [0.25, 0.3) is 16.7 Å². The minimum atomic E-state index is -0.964. The zero-order chi connectivity index (χ0) is 28.5. The summed E-state index contributed by atoms with van der Waals surface area (Å²) in [6, 6.07) is 12.2. The number of nitrogen functional groups attached to an aromatic ring is 1. The van der Waals surface area contributed by atoms with E-state index in [-0.39, 0.29) is 12.1 Å². The van der Waals surface area contributed by atoms with Crippen molar-refractivity contribution in [3.63, 3.8) is 0 Å². The van der Waals surface area contributed by atoms with E-state index in [0.717, 1.165) is 12.0 Å². The molecule has 0 aliphatic carbocycles. The van der Waals surface area contributed by atoms with Gasteiger partial charge in [0.2, 0.25) is 6.35 Å². The maximum atomic E-state index is 15.4. The van der Waals surface area contributed by atoms with Crippen LogP contribution in [0, 0.1) is 5.82 Å². The Balaban J connectivity index is 2.14. The van der Waals surface area contributed by atoms with Gasteiger partial charge in [0, 0.05) is 29.8 Å². The van der Waals surface area contributed by atoms with Crippen LogP contribution in [-0.4, -0.2) is 23.0 Å². The second-order valence-electron chi connectivity index (χ2n) is 9.10. The predicted molar refractivity (Wildman–Crippen MR) is 156 cm³/mol. The van der Waals surface area contributed by atoms with Crippen molar-refractivity contribution in [2.45, 2.75) is 46.1 Å². The number of nitrogens with zero attached hydrogens (tertiary/aromatic N) is 2. The van der Waals surface area contributed by atoms with Crippen molar-refractivity contribution in [2.75, 3.05) is 12.8 Å². The molecule has 8 nitrogen and oxygen atoms in total. The molecule has 206 valence electrons. The summed E-state index contributed by atoms with van der Waals surface area (Å²) in [5.74, 6) is 0.621. The molecule has 39 heavy (non-hydrogen) atoms. The highest BCUT2D eigenvalue weighted by Gasteiger charge is 2.19. The third kappa shape index (κ3) is 7.29. The Hall–Kier alpha value is -4.05. The molecule has 0 radical (unpaired) electrons. The summed E-state index contributed by atoms with van der Waals surface area (Å²) in [5, 5.41) is 3.08. The lowest BCUT2D eigenvalue weighted by Gasteiger charge is -2.18. The summed E-state index contributed by atoms with van der Waals surface area (Å²) in [7, 11) is 1.78. The number of anilines is 1. The summed E-state index contributed by atoms with van der Waals surface area (Å²) in [5.41, 5.74) is 20.6. The highest BCUT2D eigenvalue weighted by atomic mass is 19.1. The maximum Gasteiger partial charge on any atom is 0.262 e. The van der Waals surface area contributed by atoms with Crippen molar-refractivity contribution in [3.05, 3.63) is 112 Å². The number of nitrogens with one attached hydrogen (secondary N) is 1. The van der Waals surface area contributed by atoms with Gasteiger partial charge >= 0.3 is 0 Å². The molecule has 1 heterocycles. The Labute approximate surface area is 228 Å². The van der Waals surface area contributed by atoms with Crippen LogP contribution >= 0.6 is 0 Å². The quantitative estimate of drug-likeness (QED) is 0.120. The molecule has 0 fully saturated rings. The van der Waals surface area contributed by atoms with Gasteiger partial charge in [-0.25, -0.2) is 9.37 Å². The minimum Gasteiger partial charge on any atom is -0.467 e. The lowest BCUT2D eigenvalue weighted by Crippen LogP contribution is -2.32. The first-order chi connectivity index (χ1) is 18.7. The van der Waals surface area contributed by atoms with E-state index in [2.05, 4.69) is 11.9 Å². The summed E-state index contributed by atoms with van der Waals surface area (Å²) >= 11 is 0. The van der Waals surface area contributed by atoms with Crippen LogP contribution in [0.15, 0.2) is 77.8 Å². The third-order valence-corrected chi connectivity index (χ3v) is 6.12. The number of hydrogen-bond donors (Lipinski definition) is 4. The molecule has 0 spiro atoms. The van der Waals surface area contributed by atoms with E-state index >= 15 is 4.39 Å². The SMILES string of the molecule is C=C/C(=C\C=C(/C)OC(N)N)c1c(CNC)nc(CCC)n(Cc2ccc(-c3ccccc3N)cc2F)c1=O. The normalized spacial score (nSPS) is 12.2. The molecule has 0 saturated carbocycles. The number of rotatable bonds is 12. The molecule has 9 heteroatoms. The zero-order valence-corrected chi connectivity index (χ0v) is 22.7. The molecule has 0 saturated heterocycles. The molecule has 0 bridgehead atoms. The molecule has 3 rings (SSSR count). The van der Waals surface area contributed by atoms with Crippen molar-refractivity contribution < 1.29 is 9.13 Å². The monoisotopic (exact) mass is 532 g/mol. The summed E-state index contributed by atoms with van der Waals surface area (Å²) in [6.45, 7) is 7.99. The number of aromatic nitrogens is 2. The molecule has 0 aliphatic heterocycles. The standard InChI is InChI=1S/C30H37FN6O2/c1-5-9-27-36-26(17-35-4)28(20(6-2)13-12-19(3)39-30(33)34)29(38)37(27)18-22-15-14-21(16-24(22)31)23-10-7-8-11-25(23)32/h6-8,10-16,30,35H,2,5,9,17-18,32-34H2,1,3-4H3/b19-12+,20-13+. The van der Waals surface area contributed by atoms with Crippen molar-refractivity contribution >= 4 is 11.3 Å². The van der Waals surface area contributed by atoms with Crippen LogP contribution < -0.4 is 28.1 Å². The van der Waals surface area contributed by atoms with Crippen LogP contribution in [0.5, 0.6) is 0 Å². The number of allylic oxidation sites excluding steroid dienone is 5.